The van der Waals surface area contributed by atoms with E-state index < -0.39 is 17.3 Å². The minimum atomic E-state index is -4.47. The van der Waals surface area contributed by atoms with Gasteiger partial charge in [0.2, 0.25) is 0 Å². The van der Waals surface area contributed by atoms with Gasteiger partial charge in [-0.05, 0) is 11.5 Å². The third-order valence-corrected chi connectivity index (χ3v) is 2.19. The molecule has 0 aromatic carbocycles. The third kappa shape index (κ3) is 2.40. The van der Waals surface area contributed by atoms with E-state index in [0.717, 1.165) is 4.57 Å². The zero-order valence-electron chi connectivity index (χ0n) is 8.72. The summed E-state index contributed by atoms with van der Waals surface area (Å²) in [7, 11) is 1.44. The highest BCUT2D eigenvalue weighted by Gasteiger charge is 2.34. The first kappa shape index (κ1) is 11.8. The Bertz CT molecular complexity index is 418. The number of halogens is 3. The second kappa shape index (κ2) is 3.72. The summed E-state index contributed by atoms with van der Waals surface area (Å²) in [6, 6.07) is 0.648. The van der Waals surface area contributed by atoms with E-state index in [1.54, 1.807) is 13.8 Å². The Morgan fingerprint density at radius 3 is 2.27 bits per heavy atom. The van der Waals surface area contributed by atoms with Gasteiger partial charge in [-0.1, -0.05) is 13.8 Å². The molecule has 0 aliphatic carbocycles. The van der Waals surface area contributed by atoms with Gasteiger partial charge >= 0.3 is 6.18 Å². The summed E-state index contributed by atoms with van der Waals surface area (Å²) in [6.45, 7) is 3.32. The van der Waals surface area contributed by atoms with Gasteiger partial charge in [-0.3, -0.25) is 4.79 Å². The summed E-state index contributed by atoms with van der Waals surface area (Å²) < 4.78 is 38.9. The molecule has 0 saturated heterocycles. The molecule has 0 amide bonds. The third-order valence-electron chi connectivity index (χ3n) is 2.19. The zero-order chi connectivity index (χ0) is 11.8. The summed E-state index contributed by atoms with van der Waals surface area (Å²) in [5.41, 5.74) is -1.34. The van der Waals surface area contributed by atoms with Crippen LogP contribution >= 0.6 is 0 Å². The van der Waals surface area contributed by atoms with Crippen molar-refractivity contribution in [1.82, 2.24) is 4.57 Å². The van der Waals surface area contributed by atoms with E-state index in [-0.39, 0.29) is 11.5 Å². The van der Waals surface area contributed by atoms with E-state index in [9.17, 15) is 18.0 Å². The van der Waals surface area contributed by atoms with Gasteiger partial charge in [0.05, 0.1) is 5.56 Å². The SMILES string of the molecule is CC(C)c1cn(C)c(=O)cc1C(F)(F)F. The Morgan fingerprint density at radius 2 is 1.87 bits per heavy atom. The molecule has 2 nitrogen and oxygen atoms in total. The average Bonchev–Trinajstić information content (AvgIpc) is 2.06. The molecular weight excluding hydrogens is 207 g/mol. The molecule has 15 heavy (non-hydrogen) atoms. The minimum absolute atomic E-state index is 0.143. The van der Waals surface area contributed by atoms with Gasteiger partial charge in [0.25, 0.3) is 5.56 Å². The maximum Gasteiger partial charge on any atom is 0.416 e. The maximum atomic E-state index is 12.6. The average molecular weight is 219 g/mol. The number of aromatic nitrogens is 1. The van der Waals surface area contributed by atoms with Crippen molar-refractivity contribution in [1.29, 1.82) is 0 Å². The first-order chi connectivity index (χ1) is 6.73. The number of hydrogen-bond donors (Lipinski definition) is 0. The van der Waals surface area contributed by atoms with Crippen LogP contribution in [0.1, 0.15) is 30.9 Å². The van der Waals surface area contributed by atoms with E-state index >= 15 is 0 Å². The second-order valence-electron chi connectivity index (χ2n) is 3.74. The van der Waals surface area contributed by atoms with Crippen LogP contribution in [0.4, 0.5) is 13.2 Å². The zero-order valence-corrected chi connectivity index (χ0v) is 8.72. The lowest BCUT2D eigenvalue weighted by molar-refractivity contribution is -0.138. The van der Waals surface area contributed by atoms with Gasteiger partial charge in [0.15, 0.2) is 0 Å². The van der Waals surface area contributed by atoms with E-state index in [1.807, 2.05) is 0 Å². The first-order valence-electron chi connectivity index (χ1n) is 4.51. The largest absolute Gasteiger partial charge is 0.416 e. The number of rotatable bonds is 1. The van der Waals surface area contributed by atoms with E-state index in [1.165, 1.54) is 13.2 Å². The van der Waals surface area contributed by atoms with E-state index in [2.05, 4.69) is 0 Å². The van der Waals surface area contributed by atoms with Crippen molar-refractivity contribution in [2.45, 2.75) is 25.9 Å². The van der Waals surface area contributed by atoms with Crippen molar-refractivity contribution in [2.24, 2.45) is 7.05 Å². The molecule has 1 heterocycles. The van der Waals surface area contributed by atoms with Crippen molar-refractivity contribution >= 4 is 0 Å². The van der Waals surface area contributed by atoms with Crippen LogP contribution in [0.5, 0.6) is 0 Å². The van der Waals surface area contributed by atoms with Crippen LogP contribution < -0.4 is 5.56 Å². The fourth-order valence-corrected chi connectivity index (χ4v) is 1.36. The van der Waals surface area contributed by atoms with Crippen molar-refractivity contribution in [2.75, 3.05) is 0 Å². The van der Waals surface area contributed by atoms with Crippen LogP contribution in [-0.4, -0.2) is 4.57 Å². The molecule has 0 saturated carbocycles. The van der Waals surface area contributed by atoms with E-state index in [0.29, 0.717) is 6.07 Å². The second-order valence-corrected chi connectivity index (χ2v) is 3.74. The fraction of sp³-hybridized carbons (Fsp3) is 0.500. The molecule has 0 aliphatic heterocycles. The van der Waals surface area contributed by atoms with Gasteiger partial charge < -0.3 is 4.57 Å². The number of aryl methyl sites for hydroxylation is 1. The monoisotopic (exact) mass is 219 g/mol. The molecule has 0 unspecified atom stereocenters. The number of hydrogen-bond acceptors (Lipinski definition) is 1. The molecule has 5 heteroatoms. The molecule has 0 bridgehead atoms. The number of pyridine rings is 1. The smallest absolute Gasteiger partial charge is 0.318 e. The van der Waals surface area contributed by atoms with Crippen LogP contribution in [-0.2, 0) is 13.2 Å². The van der Waals surface area contributed by atoms with Crippen LogP contribution in [0.25, 0.3) is 0 Å². The highest BCUT2D eigenvalue weighted by atomic mass is 19.4. The van der Waals surface area contributed by atoms with Gasteiger partial charge in [0, 0.05) is 19.3 Å². The summed E-state index contributed by atoms with van der Waals surface area (Å²) in [6.07, 6.45) is -3.22. The highest BCUT2D eigenvalue weighted by molar-refractivity contribution is 5.29. The van der Waals surface area contributed by atoms with Crippen LogP contribution in [0.2, 0.25) is 0 Å². The summed E-state index contributed by atoms with van der Waals surface area (Å²) >= 11 is 0. The maximum absolute atomic E-state index is 12.6. The predicted molar refractivity (Wildman–Crippen MR) is 50.8 cm³/mol. The minimum Gasteiger partial charge on any atom is -0.318 e. The molecule has 0 spiro atoms. The van der Waals surface area contributed by atoms with Crippen LogP contribution in [0.3, 0.4) is 0 Å². The van der Waals surface area contributed by atoms with Crippen molar-refractivity contribution in [3.8, 4) is 0 Å². The normalized spacial score (nSPS) is 12.2. The Morgan fingerprint density at radius 1 is 1.33 bits per heavy atom. The topological polar surface area (TPSA) is 22.0 Å². The number of alkyl halides is 3. The molecule has 0 N–H and O–H groups in total. The van der Waals surface area contributed by atoms with Gasteiger partial charge in [-0.15, -0.1) is 0 Å². The van der Waals surface area contributed by atoms with Crippen molar-refractivity contribution < 1.29 is 13.2 Å². The van der Waals surface area contributed by atoms with Gasteiger partial charge in [0.1, 0.15) is 0 Å². The lowest BCUT2D eigenvalue weighted by Crippen LogP contribution is -2.22. The Labute approximate surface area is 85.3 Å². The molecule has 0 fully saturated rings. The van der Waals surface area contributed by atoms with Crippen LogP contribution in [0.15, 0.2) is 17.1 Å². The summed E-state index contributed by atoms with van der Waals surface area (Å²) in [4.78, 5) is 11.1. The lowest BCUT2D eigenvalue weighted by atomic mass is 9.99. The Balaban J connectivity index is 3.49. The van der Waals surface area contributed by atoms with Crippen molar-refractivity contribution in [3.63, 3.8) is 0 Å². The molecule has 0 radical (unpaired) electrons. The van der Waals surface area contributed by atoms with Crippen LogP contribution in [0, 0.1) is 0 Å². The predicted octanol–water partition coefficient (Wildman–Crippen LogP) is 2.53. The summed E-state index contributed by atoms with van der Waals surface area (Å²) in [5, 5.41) is 0. The molecular formula is C10H12F3NO. The molecule has 1 aromatic heterocycles. The quantitative estimate of drug-likeness (QED) is 0.711. The highest BCUT2D eigenvalue weighted by Crippen LogP contribution is 2.33. The Hall–Kier alpha value is -1.26. The molecule has 1 rings (SSSR count). The van der Waals surface area contributed by atoms with Crippen molar-refractivity contribution in [3.05, 3.63) is 33.7 Å². The lowest BCUT2D eigenvalue weighted by Gasteiger charge is -2.16. The fourth-order valence-electron chi connectivity index (χ4n) is 1.36. The standard InChI is InChI=1S/C10H12F3NO/c1-6(2)7-5-14(3)9(15)4-8(7)10(11,12)13/h4-6H,1-3H3. The molecule has 84 valence electrons. The van der Waals surface area contributed by atoms with E-state index in [4.69, 9.17) is 0 Å². The Kier molecular flexibility index (Phi) is 2.93. The molecule has 0 aliphatic rings. The molecule has 1 aromatic rings. The molecule has 0 atom stereocenters. The van der Waals surface area contributed by atoms with Gasteiger partial charge in [-0.2, -0.15) is 13.2 Å². The first-order valence-corrected chi connectivity index (χ1v) is 4.51. The number of nitrogens with zero attached hydrogens (tertiary/aromatic N) is 1. The van der Waals surface area contributed by atoms with Gasteiger partial charge in [-0.25, -0.2) is 0 Å². The summed E-state index contributed by atoms with van der Waals surface area (Å²) in [5.74, 6) is -0.270.